The molecule has 0 radical (unpaired) electrons. The van der Waals surface area contributed by atoms with Crippen LogP contribution in [0.5, 0.6) is 0 Å². The first-order valence-corrected chi connectivity index (χ1v) is 26.8. The average Bonchev–Trinajstić information content (AvgIpc) is 4.21. The fourth-order valence-electron chi connectivity index (χ4n) is 9.85. The number of thiazole rings is 2. The van der Waals surface area contributed by atoms with Crippen LogP contribution in [-0.4, -0.2) is 114 Å². The summed E-state index contributed by atoms with van der Waals surface area (Å²) in [5, 5.41) is 29.5. The Hall–Kier alpha value is -6.27. The van der Waals surface area contributed by atoms with E-state index in [1.165, 1.54) is 4.90 Å². The van der Waals surface area contributed by atoms with E-state index in [1.807, 2.05) is 120 Å². The van der Waals surface area contributed by atoms with Crippen LogP contribution < -0.4 is 16.0 Å². The van der Waals surface area contributed by atoms with Gasteiger partial charge >= 0.3 is 0 Å². The largest absolute Gasteiger partial charge is 0.391 e. The first-order chi connectivity index (χ1) is 34.7. The molecule has 388 valence electrons. The second-order valence-electron chi connectivity index (χ2n) is 20.7. The third-order valence-corrected chi connectivity index (χ3v) is 15.9. The quantitative estimate of drug-likeness (QED) is 0.0762. The van der Waals surface area contributed by atoms with Crippen molar-refractivity contribution in [2.45, 2.75) is 138 Å². The van der Waals surface area contributed by atoms with Crippen LogP contribution in [0.1, 0.15) is 100 Å². The van der Waals surface area contributed by atoms with Crippen molar-refractivity contribution >= 4 is 57.9 Å². The Morgan fingerprint density at radius 1 is 0.767 bits per heavy atom. The number of hydrogen-bond donors (Lipinski definition) is 5. The van der Waals surface area contributed by atoms with Gasteiger partial charge in [-0.25, -0.2) is 9.97 Å². The highest BCUT2D eigenvalue weighted by Crippen LogP contribution is 2.37. The minimum absolute atomic E-state index is 0.00615. The molecule has 3 aliphatic heterocycles. The van der Waals surface area contributed by atoms with E-state index in [4.69, 9.17) is 0 Å². The van der Waals surface area contributed by atoms with E-state index < -0.39 is 41.8 Å². The van der Waals surface area contributed by atoms with E-state index in [0.717, 1.165) is 65.8 Å². The van der Waals surface area contributed by atoms with Gasteiger partial charge in [0.05, 0.1) is 44.4 Å². The molecule has 5 N–H and O–H groups in total. The summed E-state index contributed by atoms with van der Waals surface area (Å²) in [5.41, 5.74) is 13.3. The number of nitrogens with one attached hydrogen (secondary N) is 3. The lowest BCUT2D eigenvalue weighted by Gasteiger charge is -2.36. The standard InChI is InChI=1S/C31H36N4O3S.C25H34N4O4S/c1-18(2)28(34-15-24-8-6-7-9-26(24)21(34)5)31(38)35-16-25(36)13-27(35)30(37)32-14-23-11-10-22(12-19(23)3)29-20(4)33-17-39-29;1-6-20(31)28-22(25(3,4)5)24(33)29-13-18(30)11-19(29)23(32)26-12-16-7-9-17(10-8-16)21-15(2)27-14-34-21/h6-12,17-18,25,27-28,36H,5,13-16H2,1-4H3,(H,32,37);7-10,14,18-19,22,30H,6,11-13H2,1-5H3,(H,26,32)(H,28,31)/t25-,27+,28+;18-,19+,22-/m11/s1. The fourth-order valence-corrected chi connectivity index (χ4v) is 11.5. The molecule has 2 fully saturated rings. The Labute approximate surface area is 437 Å². The second kappa shape index (κ2) is 23.3. The normalized spacial score (nSPS) is 19.3. The molecule has 5 heterocycles. The van der Waals surface area contributed by atoms with Crippen molar-refractivity contribution in [2.75, 3.05) is 13.1 Å². The van der Waals surface area contributed by atoms with Gasteiger partial charge in [-0.15, -0.1) is 22.7 Å². The van der Waals surface area contributed by atoms with Crippen LogP contribution in [0.4, 0.5) is 0 Å². The van der Waals surface area contributed by atoms with E-state index in [0.29, 0.717) is 19.6 Å². The Balaban J connectivity index is 0.000000216. The summed E-state index contributed by atoms with van der Waals surface area (Å²) in [4.78, 5) is 81.7. The Morgan fingerprint density at radius 3 is 1.84 bits per heavy atom. The van der Waals surface area contributed by atoms with Crippen molar-refractivity contribution in [3.8, 4) is 20.9 Å². The van der Waals surface area contributed by atoms with E-state index >= 15 is 0 Å². The average molecular weight is 1030 g/mol. The van der Waals surface area contributed by atoms with Crippen molar-refractivity contribution in [2.24, 2.45) is 11.3 Å². The van der Waals surface area contributed by atoms with Crippen molar-refractivity contribution in [1.82, 2.24) is 40.6 Å². The van der Waals surface area contributed by atoms with Gasteiger partial charge in [0.2, 0.25) is 29.5 Å². The highest BCUT2D eigenvalue weighted by atomic mass is 32.1. The Bertz CT molecular complexity index is 2820. The summed E-state index contributed by atoms with van der Waals surface area (Å²) in [6.07, 6.45) is -0.871. The van der Waals surface area contributed by atoms with Gasteiger partial charge in [-0.05, 0) is 65.5 Å². The van der Waals surface area contributed by atoms with Crippen LogP contribution in [0.15, 0.2) is 84.3 Å². The SMILES string of the molecule is C=C1c2ccccc2CN1[C@H](C(=O)N1C[C@H](O)C[C@H]1C(=O)NCc1ccc(-c2scnc2C)cc1C)C(C)C.CCC(=O)N[C@H](C(=O)N1C[C@H](O)C[C@H]1C(=O)NCc1ccc(-c2scnc2C)cc1)C(C)(C)C. The summed E-state index contributed by atoms with van der Waals surface area (Å²) in [6, 6.07) is 19.4. The molecule has 3 aromatic carbocycles. The summed E-state index contributed by atoms with van der Waals surface area (Å²) in [7, 11) is 0. The molecule has 8 rings (SSSR count). The maximum atomic E-state index is 14.0. The molecule has 2 aromatic heterocycles. The van der Waals surface area contributed by atoms with Gasteiger partial charge in [0, 0.05) is 63.2 Å². The summed E-state index contributed by atoms with van der Waals surface area (Å²) in [5.74, 6) is -1.29. The predicted octanol–water partition coefficient (Wildman–Crippen LogP) is 7.15. The van der Waals surface area contributed by atoms with E-state index in [9.17, 15) is 34.2 Å². The molecule has 0 spiro atoms. The number of aliphatic hydroxyl groups excluding tert-OH is 2. The molecule has 6 atom stereocenters. The number of hydrogen-bond acceptors (Lipinski definition) is 12. The number of aromatic nitrogens is 2. The number of likely N-dealkylation sites (tertiary alicyclic amines) is 2. The third-order valence-electron chi connectivity index (χ3n) is 13.9. The number of nitrogens with zero attached hydrogens (tertiary/aromatic N) is 5. The maximum Gasteiger partial charge on any atom is 0.246 e. The van der Waals surface area contributed by atoms with Crippen LogP contribution in [0.25, 0.3) is 26.6 Å². The van der Waals surface area contributed by atoms with Gasteiger partial charge in [0.25, 0.3) is 0 Å². The highest BCUT2D eigenvalue weighted by molar-refractivity contribution is 7.13. The molecule has 2 saturated heterocycles. The molecule has 15 nitrogen and oxygen atoms in total. The smallest absolute Gasteiger partial charge is 0.246 e. The monoisotopic (exact) mass is 1030 g/mol. The molecule has 0 unspecified atom stereocenters. The molecule has 0 saturated carbocycles. The number of aliphatic hydroxyl groups is 2. The number of fused-ring (bicyclic) bond motifs is 1. The number of carbonyl (C=O) groups is 5. The highest BCUT2D eigenvalue weighted by Gasteiger charge is 2.46. The Morgan fingerprint density at radius 2 is 1.32 bits per heavy atom. The third kappa shape index (κ3) is 12.6. The zero-order valence-electron chi connectivity index (χ0n) is 43.4. The van der Waals surface area contributed by atoms with Crippen molar-refractivity contribution < 1.29 is 34.2 Å². The topological polar surface area (TPSA) is 197 Å². The first kappa shape index (κ1) is 54.5. The van der Waals surface area contributed by atoms with E-state index in [-0.39, 0.29) is 67.8 Å². The number of rotatable bonds is 14. The predicted molar refractivity (Wildman–Crippen MR) is 287 cm³/mol. The second-order valence-corrected chi connectivity index (χ2v) is 22.4. The minimum atomic E-state index is -0.789. The van der Waals surface area contributed by atoms with E-state index in [2.05, 4.69) is 50.7 Å². The zero-order chi connectivity index (χ0) is 52.9. The van der Waals surface area contributed by atoms with Crippen LogP contribution in [0.3, 0.4) is 0 Å². The van der Waals surface area contributed by atoms with Gasteiger partial charge < -0.3 is 40.9 Å². The fraction of sp³-hybridized carbons (Fsp3) is 0.446. The van der Waals surface area contributed by atoms with Crippen LogP contribution >= 0.6 is 22.7 Å². The molecular weight excluding hydrogens is 961 g/mol. The lowest BCUT2D eigenvalue weighted by atomic mass is 9.85. The molecule has 0 aliphatic carbocycles. The van der Waals surface area contributed by atoms with Gasteiger partial charge in [-0.1, -0.05) is 115 Å². The molecular formula is C56H70N8O7S2. The van der Waals surface area contributed by atoms with Gasteiger partial charge in [-0.3, -0.25) is 24.0 Å². The number of β-amino-alcohol motifs (C(OH)–C–C–N with tert-alkyl or cyclic N) is 2. The molecule has 17 heteroatoms. The molecule has 5 amide bonds. The van der Waals surface area contributed by atoms with Crippen LogP contribution in [-0.2, 0) is 43.6 Å². The first-order valence-electron chi connectivity index (χ1n) is 25.0. The molecule has 5 aromatic rings. The lowest BCUT2D eigenvalue weighted by molar-refractivity contribution is -0.144. The minimum Gasteiger partial charge on any atom is -0.391 e. The van der Waals surface area contributed by atoms with Gasteiger partial charge in [-0.2, -0.15) is 0 Å². The Kier molecular flexibility index (Phi) is 17.4. The summed E-state index contributed by atoms with van der Waals surface area (Å²) < 4.78 is 0. The van der Waals surface area contributed by atoms with Gasteiger partial charge in [0.15, 0.2) is 0 Å². The number of benzene rings is 3. The molecule has 73 heavy (non-hydrogen) atoms. The van der Waals surface area contributed by atoms with Crippen LogP contribution in [0, 0.1) is 32.1 Å². The van der Waals surface area contributed by atoms with Crippen LogP contribution in [0.2, 0.25) is 0 Å². The molecule has 0 bridgehead atoms. The van der Waals surface area contributed by atoms with Crippen molar-refractivity contribution in [3.63, 3.8) is 0 Å². The van der Waals surface area contributed by atoms with E-state index in [1.54, 1.807) is 34.5 Å². The number of carbonyl (C=O) groups excluding carboxylic acids is 5. The summed E-state index contributed by atoms with van der Waals surface area (Å²) in [6.45, 7) is 23.1. The zero-order valence-corrected chi connectivity index (χ0v) is 45.0. The summed E-state index contributed by atoms with van der Waals surface area (Å²) >= 11 is 3.20. The van der Waals surface area contributed by atoms with Crippen molar-refractivity contribution in [1.29, 1.82) is 0 Å². The number of amides is 5. The lowest BCUT2D eigenvalue weighted by Crippen LogP contribution is -2.57. The molecule has 3 aliphatic rings. The number of aryl methyl sites for hydroxylation is 3. The van der Waals surface area contributed by atoms with Gasteiger partial charge in [0.1, 0.15) is 24.2 Å². The maximum absolute atomic E-state index is 14.0. The van der Waals surface area contributed by atoms with Crippen molar-refractivity contribution in [3.05, 3.63) is 124 Å².